The Bertz CT molecular complexity index is 901. The van der Waals surface area contributed by atoms with Crippen LogP contribution in [0.1, 0.15) is 68.0 Å². The quantitative estimate of drug-likeness (QED) is 0.363. The minimum absolute atomic E-state index is 0.139. The lowest BCUT2D eigenvalue weighted by molar-refractivity contribution is 0.152. The molecule has 1 fully saturated rings. The fraction of sp³-hybridized carbons (Fsp3) is 0.591. The minimum atomic E-state index is -4.51. The first-order chi connectivity index (χ1) is 14.1. The molecule has 1 heterocycles. The summed E-state index contributed by atoms with van der Waals surface area (Å²) in [4.78, 5) is 24.1. The molecule has 1 aromatic rings. The zero-order valence-electron chi connectivity index (χ0n) is 17.9. The SMILES string of the molecule is C=C(/C=C\C1=C(C)CCc2nc(CCCC)sc21)[C@H]1CC[C@](N)(COP(=O)(O)O)C1. The summed E-state index contributed by atoms with van der Waals surface area (Å²) >= 11 is 1.82. The van der Waals surface area contributed by atoms with E-state index >= 15 is 0 Å². The lowest BCUT2D eigenvalue weighted by Gasteiger charge is -2.24. The van der Waals surface area contributed by atoms with Crippen molar-refractivity contribution in [3.63, 3.8) is 0 Å². The summed E-state index contributed by atoms with van der Waals surface area (Å²) in [7, 11) is -4.51. The van der Waals surface area contributed by atoms with E-state index < -0.39 is 13.4 Å². The van der Waals surface area contributed by atoms with E-state index in [1.165, 1.54) is 39.6 Å². The summed E-state index contributed by atoms with van der Waals surface area (Å²) in [5.74, 6) is 0.192. The third-order valence-electron chi connectivity index (χ3n) is 6.08. The average molecular weight is 453 g/mol. The number of allylic oxidation sites excluding steroid dienone is 5. The van der Waals surface area contributed by atoms with Crippen LogP contribution in [0.25, 0.3) is 5.57 Å². The van der Waals surface area contributed by atoms with E-state index in [0.717, 1.165) is 31.3 Å². The summed E-state index contributed by atoms with van der Waals surface area (Å²) in [6, 6.07) is 0. The molecule has 1 saturated carbocycles. The number of aryl methyl sites for hydroxylation is 2. The Hall–Kier alpha value is -1.08. The number of unbranched alkanes of at least 4 members (excludes halogenated alkanes) is 1. The van der Waals surface area contributed by atoms with Crippen LogP contribution in [0.3, 0.4) is 0 Å². The molecule has 2 atom stereocenters. The van der Waals surface area contributed by atoms with Gasteiger partial charge in [0.1, 0.15) is 0 Å². The van der Waals surface area contributed by atoms with E-state index in [0.29, 0.717) is 12.8 Å². The Balaban J connectivity index is 1.66. The van der Waals surface area contributed by atoms with Crippen molar-refractivity contribution >= 4 is 24.7 Å². The molecule has 0 aromatic carbocycles. The molecule has 0 unspecified atom stereocenters. The van der Waals surface area contributed by atoms with Crippen LogP contribution < -0.4 is 5.73 Å². The Morgan fingerprint density at radius 1 is 1.47 bits per heavy atom. The van der Waals surface area contributed by atoms with Crippen molar-refractivity contribution in [3.05, 3.63) is 45.5 Å². The van der Waals surface area contributed by atoms with Gasteiger partial charge in [0, 0.05) is 5.54 Å². The van der Waals surface area contributed by atoms with E-state index in [4.69, 9.17) is 20.5 Å². The number of phosphoric ester groups is 1. The van der Waals surface area contributed by atoms with Gasteiger partial charge in [0.2, 0.25) is 0 Å². The van der Waals surface area contributed by atoms with Crippen molar-refractivity contribution in [3.8, 4) is 0 Å². The van der Waals surface area contributed by atoms with Crippen molar-refractivity contribution in [2.45, 2.75) is 70.8 Å². The predicted octanol–water partition coefficient (Wildman–Crippen LogP) is 4.92. The first-order valence-corrected chi connectivity index (χ1v) is 13.0. The summed E-state index contributed by atoms with van der Waals surface area (Å²) < 4.78 is 15.7. The van der Waals surface area contributed by atoms with E-state index in [9.17, 15) is 4.57 Å². The Labute approximate surface area is 183 Å². The predicted molar refractivity (Wildman–Crippen MR) is 122 cm³/mol. The highest BCUT2D eigenvalue weighted by Crippen LogP contribution is 2.43. The maximum Gasteiger partial charge on any atom is 0.469 e. The zero-order valence-corrected chi connectivity index (χ0v) is 19.6. The molecule has 6 nitrogen and oxygen atoms in total. The number of hydrogen-bond donors (Lipinski definition) is 3. The average Bonchev–Trinajstić information content (AvgIpc) is 3.27. The summed E-state index contributed by atoms with van der Waals surface area (Å²) in [5.41, 5.74) is 10.5. The second kappa shape index (κ2) is 9.60. The standard InChI is InChI=1S/C22H33N2O4PS/c1-4-5-6-20-24-19-10-8-16(3)18(21(19)30-20)9-7-15(2)17-11-12-22(23,13-17)14-28-29(25,26)27/h7,9,17H,2,4-6,8,10-14,23H2,1,3H3,(H2,25,26,27)/b9-7-/t17-,22+/m0/s1. The molecule has 30 heavy (non-hydrogen) atoms. The molecular weight excluding hydrogens is 419 g/mol. The number of thiazole rings is 1. The van der Waals surface area contributed by atoms with Gasteiger partial charge in [-0.3, -0.25) is 4.52 Å². The number of hydrogen-bond acceptors (Lipinski definition) is 5. The molecule has 4 N–H and O–H groups in total. The molecule has 0 aliphatic heterocycles. The molecule has 1 aromatic heterocycles. The van der Waals surface area contributed by atoms with Crippen LogP contribution in [0.2, 0.25) is 0 Å². The molecule has 8 heteroatoms. The van der Waals surface area contributed by atoms with Crippen LogP contribution >= 0.6 is 19.2 Å². The molecule has 166 valence electrons. The number of rotatable bonds is 9. The number of aromatic nitrogens is 1. The fourth-order valence-electron chi connectivity index (χ4n) is 4.21. The fourth-order valence-corrected chi connectivity index (χ4v) is 5.89. The number of nitrogens with two attached hydrogens (primary N) is 1. The molecule has 2 aliphatic rings. The lowest BCUT2D eigenvalue weighted by Crippen LogP contribution is -2.41. The van der Waals surface area contributed by atoms with Crippen molar-refractivity contribution in [2.24, 2.45) is 11.7 Å². The van der Waals surface area contributed by atoms with Crippen LogP contribution in [0, 0.1) is 5.92 Å². The monoisotopic (exact) mass is 452 g/mol. The highest BCUT2D eigenvalue weighted by atomic mass is 32.1. The van der Waals surface area contributed by atoms with Gasteiger partial charge in [-0.25, -0.2) is 9.55 Å². The van der Waals surface area contributed by atoms with E-state index in [-0.39, 0.29) is 12.5 Å². The minimum Gasteiger partial charge on any atom is -0.323 e. The maximum atomic E-state index is 11.0. The van der Waals surface area contributed by atoms with Crippen molar-refractivity contribution < 1.29 is 18.9 Å². The molecule has 3 rings (SSSR count). The van der Waals surface area contributed by atoms with Crippen LogP contribution in [0.5, 0.6) is 0 Å². The van der Waals surface area contributed by atoms with Gasteiger partial charge < -0.3 is 15.5 Å². The Kier molecular flexibility index (Phi) is 7.54. The van der Waals surface area contributed by atoms with E-state index in [2.05, 4.69) is 37.1 Å². The van der Waals surface area contributed by atoms with Crippen LogP contribution in [0.4, 0.5) is 0 Å². The molecule has 2 aliphatic carbocycles. The summed E-state index contributed by atoms with van der Waals surface area (Å²) in [5, 5.41) is 1.23. The summed E-state index contributed by atoms with van der Waals surface area (Å²) in [6.45, 7) is 8.51. The van der Waals surface area contributed by atoms with Gasteiger partial charge >= 0.3 is 7.82 Å². The summed E-state index contributed by atoms with van der Waals surface area (Å²) in [6.07, 6.45) is 11.8. The third-order valence-corrected chi connectivity index (χ3v) is 7.74. The first kappa shape index (κ1) is 23.6. The topological polar surface area (TPSA) is 106 Å². The number of fused-ring (bicyclic) bond motifs is 1. The van der Waals surface area contributed by atoms with Crippen molar-refractivity contribution in [1.29, 1.82) is 0 Å². The smallest absolute Gasteiger partial charge is 0.323 e. The van der Waals surface area contributed by atoms with Crippen LogP contribution in [0.15, 0.2) is 29.9 Å². The molecule has 0 spiro atoms. The second-order valence-corrected chi connectivity index (χ2v) is 11.0. The Morgan fingerprint density at radius 3 is 2.93 bits per heavy atom. The highest BCUT2D eigenvalue weighted by Gasteiger charge is 2.38. The van der Waals surface area contributed by atoms with E-state index in [1.807, 2.05) is 11.3 Å². The van der Waals surface area contributed by atoms with Gasteiger partial charge in [-0.05, 0) is 63.4 Å². The largest absolute Gasteiger partial charge is 0.469 e. The normalized spacial score (nSPS) is 24.6. The molecule has 0 radical (unpaired) electrons. The molecule has 0 amide bonds. The molecule has 0 bridgehead atoms. The van der Waals surface area contributed by atoms with Gasteiger partial charge in [0.05, 0.1) is 22.2 Å². The van der Waals surface area contributed by atoms with Gasteiger partial charge in [0.25, 0.3) is 0 Å². The second-order valence-electron chi connectivity index (χ2n) is 8.66. The first-order valence-electron chi connectivity index (χ1n) is 10.6. The van der Waals surface area contributed by atoms with Gasteiger partial charge in [-0.2, -0.15) is 0 Å². The van der Waals surface area contributed by atoms with Gasteiger partial charge in [0.15, 0.2) is 0 Å². The van der Waals surface area contributed by atoms with Gasteiger partial charge in [-0.15, -0.1) is 11.3 Å². The highest BCUT2D eigenvalue weighted by molar-refractivity contribution is 7.46. The van der Waals surface area contributed by atoms with Gasteiger partial charge in [-0.1, -0.05) is 43.2 Å². The van der Waals surface area contributed by atoms with E-state index in [1.54, 1.807) is 0 Å². The Morgan fingerprint density at radius 2 is 2.23 bits per heavy atom. The van der Waals surface area contributed by atoms with Crippen molar-refractivity contribution in [1.82, 2.24) is 4.98 Å². The third kappa shape index (κ3) is 6.00. The molecule has 0 saturated heterocycles. The lowest BCUT2D eigenvalue weighted by atomic mass is 9.91. The van der Waals surface area contributed by atoms with Crippen molar-refractivity contribution in [2.75, 3.05) is 6.61 Å². The number of phosphoric acid groups is 1. The van der Waals surface area contributed by atoms with Crippen LogP contribution in [-0.4, -0.2) is 26.9 Å². The van der Waals surface area contributed by atoms with Crippen LogP contribution in [-0.2, 0) is 21.9 Å². The zero-order chi connectivity index (χ0) is 21.9. The maximum absolute atomic E-state index is 11.0. The molecular formula is C22H33N2O4PS. The number of nitrogens with zero attached hydrogens (tertiary/aromatic N) is 1.